The number of methoxy groups -OCH3 is 1. The van der Waals surface area contributed by atoms with Gasteiger partial charge in [-0.25, -0.2) is 8.78 Å². The number of hydrogen-bond donors (Lipinski definition) is 1. The van der Waals surface area contributed by atoms with E-state index in [1.807, 2.05) is 24.3 Å². The SMILES string of the molecule is COc1ccccc1N1CCN(C(=O)[C@H](NC(=O)c2c(F)cccc2F)C(C)C)CC1. The summed E-state index contributed by atoms with van der Waals surface area (Å²) in [5, 5.41) is 2.53. The smallest absolute Gasteiger partial charge is 0.257 e. The zero-order valence-corrected chi connectivity index (χ0v) is 17.9. The van der Waals surface area contributed by atoms with Gasteiger partial charge in [-0.2, -0.15) is 0 Å². The molecule has 166 valence electrons. The number of piperazine rings is 1. The second-order valence-electron chi connectivity index (χ2n) is 7.78. The Labute approximate surface area is 180 Å². The van der Waals surface area contributed by atoms with Crippen LogP contribution in [0, 0.1) is 17.6 Å². The van der Waals surface area contributed by atoms with Gasteiger partial charge >= 0.3 is 0 Å². The van der Waals surface area contributed by atoms with E-state index >= 15 is 0 Å². The molecule has 0 bridgehead atoms. The molecular formula is C23H27F2N3O3. The Balaban J connectivity index is 1.68. The monoisotopic (exact) mass is 431 g/mol. The minimum absolute atomic E-state index is 0.251. The molecule has 0 aliphatic carbocycles. The number of hydrogen-bond acceptors (Lipinski definition) is 4. The molecular weight excluding hydrogens is 404 g/mol. The Morgan fingerprint density at radius 1 is 0.968 bits per heavy atom. The maximum Gasteiger partial charge on any atom is 0.257 e. The highest BCUT2D eigenvalue weighted by Crippen LogP contribution is 2.28. The molecule has 2 aromatic rings. The third kappa shape index (κ3) is 4.95. The van der Waals surface area contributed by atoms with Crippen molar-refractivity contribution in [2.45, 2.75) is 19.9 Å². The molecule has 31 heavy (non-hydrogen) atoms. The van der Waals surface area contributed by atoms with Crippen molar-refractivity contribution in [3.05, 3.63) is 59.7 Å². The van der Waals surface area contributed by atoms with Crippen LogP contribution in [0.15, 0.2) is 42.5 Å². The van der Waals surface area contributed by atoms with Crippen molar-refractivity contribution in [1.82, 2.24) is 10.2 Å². The van der Waals surface area contributed by atoms with Crippen LogP contribution in [0.4, 0.5) is 14.5 Å². The van der Waals surface area contributed by atoms with Crippen LogP contribution < -0.4 is 15.0 Å². The summed E-state index contributed by atoms with van der Waals surface area (Å²) < 4.78 is 33.3. The maximum atomic E-state index is 14.0. The average Bonchev–Trinajstić information content (AvgIpc) is 2.76. The summed E-state index contributed by atoms with van der Waals surface area (Å²) in [6.07, 6.45) is 0. The molecule has 1 aliphatic rings. The predicted octanol–water partition coefficient (Wildman–Crippen LogP) is 3.08. The minimum atomic E-state index is -0.960. The molecule has 1 fully saturated rings. The highest BCUT2D eigenvalue weighted by Gasteiger charge is 2.32. The van der Waals surface area contributed by atoms with E-state index < -0.39 is 29.1 Å². The van der Waals surface area contributed by atoms with E-state index in [1.54, 1.807) is 25.9 Å². The standard InChI is InChI=1S/C23H27F2N3O3/c1-15(2)21(26-22(29)20-16(24)7-6-8-17(20)25)23(30)28-13-11-27(12-14-28)18-9-4-5-10-19(18)31-3/h4-10,15,21H,11-14H2,1-3H3,(H,26,29)/t21-/m1/s1. The van der Waals surface area contributed by atoms with Gasteiger partial charge in [0.25, 0.3) is 5.91 Å². The molecule has 8 heteroatoms. The Morgan fingerprint density at radius 3 is 2.16 bits per heavy atom. The van der Waals surface area contributed by atoms with E-state index in [2.05, 4.69) is 10.2 Å². The van der Waals surface area contributed by atoms with Crippen molar-refractivity contribution < 1.29 is 23.1 Å². The topological polar surface area (TPSA) is 61.9 Å². The second-order valence-corrected chi connectivity index (χ2v) is 7.78. The summed E-state index contributed by atoms with van der Waals surface area (Å²) in [4.78, 5) is 29.4. The van der Waals surface area contributed by atoms with Crippen LogP contribution in [0.5, 0.6) is 5.75 Å². The fourth-order valence-electron chi connectivity index (χ4n) is 3.70. The van der Waals surface area contributed by atoms with Gasteiger partial charge in [0.05, 0.1) is 12.8 Å². The number of carbonyl (C=O) groups is 2. The van der Waals surface area contributed by atoms with Gasteiger partial charge in [-0.3, -0.25) is 9.59 Å². The first-order valence-electron chi connectivity index (χ1n) is 10.2. The van der Waals surface area contributed by atoms with Gasteiger partial charge in [-0.1, -0.05) is 32.0 Å². The lowest BCUT2D eigenvalue weighted by Gasteiger charge is -2.38. The van der Waals surface area contributed by atoms with Crippen molar-refractivity contribution in [2.24, 2.45) is 5.92 Å². The van der Waals surface area contributed by atoms with E-state index in [0.29, 0.717) is 26.2 Å². The number of carbonyl (C=O) groups excluding carboxylic acids is 2. The van der Waals surface area contributed by atoms with Crippen molar-refractivity contribution in [3.8, 4) is 5.75 Å². The molecule has 6 nitrogen and oxygen atoms in total. The van der Waals surface area contributed by atoms with Gasteiger partial charge in [0, 0.05) is 26.2 Å². The van der Waals surface area contributed by atoms with Crippen molar-refractivity contribution in [2.75, 3.05) is 38.2 Å². The fraction of sp³-hybridized carbons (Fsp3) is 0.391. The maximum absolute atomic E-state index is 14.0. The summed E-state index contributed by atoms with van der Waals surface area (Å²) in [6, 6.07) is 10.0. The van der Waals surface area contributed by atoms with Gasteiger partial charge in [0.1, 0.15) is 29.0 Å². The average molecular weight is 431 g/mol. The molecule has 0 saturated carbocycles. The van der Waals surface area contributed by atoms with Gasteiger partial charge in [-0.15, -0.1) is 0 Å². The van der Waals surface area contributed by atoms with Gasteiger partial charge in [0.15, 0.2) is 0 Å². The van der Waals surface area contributed by atoms with Crippen molar-refractivity contribution in [1.29, 1.82) is 0 Å². The third-order valence-corrected chi connectivity index (χ3v) is 5.43. The number of halogens is 2. The highest BCUT2D eigenvalue weighted by molar-refractivity contribution is 5.98. The predicted molar refractivity (Wildman–Crippen MR) is 114 cm³/mol. The Bertz CT molecular complexity index is 923. The van der Waals surface area contributed by atoms with E-state index in [0.717, 1.165) is 23.6 Å². The summed E-state index contributed by atoms with van der Waals surface area (Å²) in [5.74, 6) is -2.61. The van der Waals surface area contributed by atoms with Crippen LogP contribution in [0.25, 0.3) is 0 Å². The first kappa shape index (κ1) is 22.5. The number of ether oxygens (including phenoxy) is 1. The highest BCUT2D eigenvalue weighted by atomic mass is 19.1. The lowest BCUT2D eigenvalue weighted by atomic mass is 10.0. The van der Waals surface area contributed by atoms with E-state index in [1.165, 1.54) is 6.07 Å². The first-order chi connectivity index (χ1) is 14.8. The Hall–Kier alpha value is -3.16. The molecule has 0 aromatic heterocycles. The fourth-order valence-corrected chi connectivity index (χ4v) is 3.70. The normalized spacial score (nSPS) is 15.0. The van der Waals surface area contributed by atoms with E-state index in [9.17, 15) is 18.4 Å². The largest absolute Gasteiger partial charge is 0.495 e. The molecule has 0 spiro atoms. The van der Waals surface area contributed by atoms with Crippen LogP contribution in [-0.2, 0) is 4.79 Å². The molecule has 1 N–H and O–H groups in total. The van der Waals surface area contributed by atoms with E-state index in [4.69, 9.17) is 4.74 Å². The van der Waals surface area contributed by atoms with Crippen LogP contribution in [-0.4, -0.2) is 56.0 Å². The van der Waals surface area contributed by atoms with Gasteiger partial charge in [-0.05, 0) is 30.2 Å². The Kier molecular flexibility index (Phi) is 7.09. The number of para-hydroxylation sites is 2. The third-order valence-electron chi connectivity index (χ3n) is 5.43. The summed E-state index contributed by atoms with van der Waals surface area (Å²) in [7, 11) is 1.62. The summed E-state index contributed by atoms with van der Waals surface area (Å²) in [6.45, 7) is 5.70. The molecule has 1 heterocycles. The summed E-state index contributed by atoms with van der Waals surface area (Å²) >= 11 is 0. The number of nitrogens with zero attached hydrogens (tertiary/aromatic N) is 2. The molecule has 0 unspecified atom stereocenters. The lowest BCUT2D eigenvalue weighted by molar-refractivity contribution is -0.134. The Morgan fingerprint density at radius 2 is 1.58 bits per heavy atom. The molecule has 3 rings (SSSR count). The first-order valence-corrected chi connectivity index (χ1v) is 10.2. The zero-order valence-electron chi connectivity index (χ0n) is 17.9. The minimum Gasteiger partial charge on any atom is -0.495 e. The van der Waals surface area contributed by atoms with Crippen LogP contribution >= 0.6 is 0 Å². The number of benzene rings is 2. The van der Waals surface area contributed by atoms with Crippen LogP contribution in [0.1, 0.15) is 24.2 Å². The molecule has 1 atom stereocenters. The van der Waals surface area contributed by atoms with Crippen LogP contribution in [0.3, 0.4) is 0 Å². The molecule has 1 saturated heterocycles. The zero-order chi connectivity index (χ0) is 22.5. The van der Waals surface area contributed by atoms with Gasteiger partial charge < -0.3 is 19.9 Å². The molecule has 1 aliphatic heterocycles. The molecule has 0 radical (unpaired) electrons. The second kappa shape index (κ2) is 9.76. The molecule has 2 aromatic carbocycles. The molecule has 2 amide bonds. The van der Waals surface area contributed by atoms with E-state index in [-0.39, 0.29) is 11.8 Å². The van der Waals surface area contributed by atoms with Crippen molar-refractivity contribution >= 4 is 17.5 Å². The quantitative estimate of drug-likeness (QED) is 0.764. The lowest BCUT2D eigenvalue weighted by Crippen LogP contribution is -2.56. The number of rotatable bonds is 6. The number of anilines is 1. The number of amides is 2. The van der Waals surface area contributed by atoms with Gasteiger partial charge in [0.2, 0.25) is 5.91 Å². The van der Waals surface area contributed by atoms with Crippen molar-refractivity contribution in [3.63, 3.8) is 0 Å². The summed E-state index contributed by atoms with van der Waals surface area (Å²) in [5.41, 5.74) is 0.280. The number of nitrogens with one attached hydrogen (secondary N) is 1. The van der Waals surface area contributed by atoms with Crippen LogP contribution in [0.2, 0.25) is 0 Å².